The van der Waals surface area contributed by atoms with Crippen molar-refractivity contribution in [2.24, 2.45) is 7.05 Å². The van der Waals surface area contributed by atoms with Crippen LogP contribution in [0, 0.1) is 0 Å². The molecule has 0 aliphatic carbocycles. The zero-order valence-corrected chi connectivity index (χ0v) is 12.4. The molecule has 0 aliphatic heterocycles. The molecule has 0 fully saturated rings. The number of nitrogens with one attached hydrogen (secondary N) is 1. The third kappa shape index (κ3) is 3.94. The molecule has 0 saturated heterocycles. The summed E-state index contributed by atoms with van der Waals surface area (Å²) in [5.74, 6) is 1.77. The Morgan fingerprint density at radius 2 is 2.30 bits per heavy atom. The first-order valence-electron chi connectivity index (χ1n) is 6.39. The van der Waals surface area contributed by atoms with E-state index >= 15 is 0 Å². The van der Waals surface area contributed by atoms with E-state index < -0.39 is 9.84 Å². The predicted octanol–water partition coefficient (Wildman–Crippen LogP) is 1.13. The summed E-state index contributed by atoms with van der Waals surface area (Å²) in [4.78, 5) is 4.32. The largest absolute Gasteiger partial charge is 0.467 e. The molecule has 0 aliphatic rings. The maximum atomic E-state index is 11.1. The monoisotopic (exact) mass is 297 g/mol. The van der Waals surface area contributed by atoms with E-state index in [2.05, 4.69) is 10.3 Å². The van der Waals surface area contributed by atoms with Crippen molar-refractivity contribution >= 4 is 9.84 Å². The Labute approximate surface area is 118 Å². The molecule has 20 heavy (non-hydrogen) atoms. The van der Waals surface area contributed by atoms with E-state index in [0.29, 0.717) is 13.0 Å². The molecule has 2 heterocycles. The van der Waals surface area contributed by atoms with E-state index in [1.165, 1.54) is 6.26 Å². The molecular weight excluding hydrogens is 278 g/mol. The molecule has 7 heteroatoms. The van der Waals surface area contributed by atoms with Gasteiger partial charge in [0.05, 0.1) is 12.0 Å². The van der Waals surface area contributed by atoms with E-state index in [1.54, 1.807) is 12.5 Å². The van der Waals surface area contributed by atoms with Gasteiger partial charge in [-0.1, -0.05) is 0 Å². The molecule has 1 N–H and O–H groups in total. The molecule has 2 aromatic heterocycles. The van der Waals surface area contributed by atoms with Gasteiger partial charge in [0.1, 0.15) is 27.5 Å². The van der Waals surface area contributed by atoms with Crippen molar-refractivity contribution in [1.82, 2.24) is 14.9 Å². The Morgan fingerprint density at radius 1 is 1.50 bits per heavy atom. The molecule has 110 valence electrons. The molecule has 0 amide bonds. The van der Waals surface area contributed by atoms with Crippen LogP contribution < -0.4 is 5.32 Å². The summed E-state index contributed by atoms with van der Waals surface area (Å²) in [6, 6.07) is 3.52. The molecule has 2 rings (SSSR count). The highest BCUT2D eigenvalue weighted by molar-refractivity contribution is 7.90. The van der Waals surface area contributed by atoms with Crippen molar-refractivity contribution in [3.8, 4) is 0 Å². The number of furan rings is 1. The molecule has 0 bridgehead atoms. The van der Waals surface area contributed by atoms with Crippen molar-refractivity contribution in [2.45, 2.75) is 12.5 Å². The summed E-state index contributed by atoms with van der Waals surface area (Å²) >= 11 is 0. The zero-order chi connectivity index (χ0) is 14.6. The van der Waals surface area contributed by atoms with Crippen LogP contribution in [-0.2, 0) is 16.9 Å². The van der Waals surface area contributed by atoms with E-state index in [0.717, 1.165) is 11.6 Å². The smallest absolute Gasteiger partial charge is 0.147 e. The van der Waals surface area contributed by atoms with Gasteiger partial charge in [0.2, 0.25) is 0 Å². The van der Waals surface area contributed by atoms with Gasteiger partial charge in [-0.25, -0.2) is 13.4 Å². The minimum Gasteiger partial charge on any atom is -0.467 e. The number of rotatable bonds is 7. The quantitative estimate of drug-likeness (QED) is 0.775. The van der Waals surface area contributed by atoms with Gasteiger partial charge in [-0.05, 0) is 25.1 Å². The highest BCUT2D eigenvalue weighted by Gasteiger charge is 2.20. The number of hydrogen-bond donors (Lipinski definition) is 1. The van der Waals surface area contributed by atoms with Gasteiger partial charge in [-0.2, -0.15) is 0 Å². The van der Waals surface area contributed by atoms with Gasteiger partial charge in [-0.3, -0.25) is 0 Å². The first-order valence-corrected chi connectivity index (χ1v) is 8.45. The predicted molar refractivity (Wildman–Crippen MR) is 76.1 cm³/mol. The van der Waals surface area contributed by atoms with Crippen LogP contribution in [-0.4, -0.2) is 36.5 Å². The van der Waals surface area contributed by atoms with Crippen LogP contribution in [0.2, 0.25) is 0 Å². The third-order valence-electron chi connectivity index (χ3n) is 2.98. The molecule has 6 nitrogen and oxygen atoms in total. The Morgan fingerprint density at radius 3 is 2.85 bits per heavy atom. The fraction of sp³-hybridized carbons (Fsp3) is 0.462. The number of aromatic nitrogens is 2. The SMILES string of the molecule is Cn1ccnc1C(NCCCS(C)(=O)=O)c1ccco1. The first kappa shape index (κ1) is 14.8. The second-order valence-corrected chi connectivity index (χ2v) is 7.04. The highest BCUT2D eigenvalue weighted by Crippen LogP contribution is 2.20. The summed E-state index contributed by atoms with van der Waals surface area (Å²) in [6.45, 7) is 0.575. The van der Waals surface area contributed by atoms with Crippen molar-refractivity contribution < 1.29 is 12.8 Å². The number of hydrogen-bond acceptors (Lipinski definition) is 5. The van der Waals surface area contributed by atoms with E-state index in [4.69, 9.17) is 4.42 Å². The topological polar surface area (TPSA) is 77.1 Å². The normalized spacial score (nSPS) is 13.5. The Balaban J connectivity index is 2.04. The Hall–Kier alpha value is -1.60. The van der Waals surface area contributed by atoms with Crippen LogP contribution in [0.5, 0.6) is 0 Å². The second kappa shape index (κ2) is 6.23. The summed E-state index contributed by atoms with van der Waals surface area (Å²) in [5, 5.41) is 3.30. The fourth-order valence-electron chi connectivity index (χ4n) is 2.01. The average molecular weight is 297 g/mol. The summed E-state index contributed by atoms with van der Waals surface area (Å²) in [6.07, 6.45) is 7.01. The molecule has 1 unspecified atom stereocenters. The molecule has 0 aromatic carbocycles. The fourth-order valence-corrected chi connectivity index (χ4v) is 2.68. The van der Waals surface area contributed by atoms with Crippen LogP contribution in [0.25, 0.3) is 0 Å². The summed E-state index contributed by atoms with van der Waals surface area (Å²) < 4.78 is 29.6. The highest BCUT2D eigenvalue weighted by atomic mass is 32.2. The molecule has 1 atom stereocenters. The Kier molecular flexibility index (Phi) is 4.61. The van der Waals surface area contributed by atoms with Crippen molar-refractivity contribution in [2.75, 3.05) is 18.6 Å². The molecule has 0 spiro atoms. The van der Waals surface area contributed by atoms with Gasteiger partial charge in [0.15, 0.2) is 0 Å². The standard InChI is InChI=1S/C13H19N3O3S/c1-16-8-7-15-13(16)12(11-5-3-9-19-11)14-6-4-10-20(2,17)18/h3,5,7-9,12,14H,4,6,10H2,1-2H3. The molecule has 0 radical (unpaired) electrons. The lowest BCUT2D eigenvalue weighted by atomic mass is 10.2. The maximum absolute atomic E-state index is 11.1. The van der Waals surface area contributed by atoms with Crippen LogP contribution in [0.1, 0.15) is 24.0 Å². The zero-order valence-electron chi connectivity index (χ0n) is 11.6. The van der Waals surface area contributed by atoms with Crippen molar-refractivity contribution in [1.29, 1.82) is 0 Å². The Bertz CT molecular complexity index is 632. The van der Waals surface area contributed by atoms with Crippen molar-refractivity contribution in [3.05, 3.63) is 42.4 Å². The first-order chi connectivity index (χ1) is 9.47. The lowest BCUT2D eigenvalue weighted by Crippen LogP contribution is -2.26. The van der Waals surface area contributed by atoms with Gasteiger partial charge in [-0.15, -0.1) is 0 Å². The van der Waals surface area contributed by atoms with E-state index in [9.17, 15) is 8.42 Å². The van der Waals surface area contributed by atoms with Gasteiger partial charge in [0, 0.05) is 25.7 Å². The van der Waals surface area contributed by atoms with Crippen LogP contribution in [0.4, 0.5) is 0 Å². The van der Waals surface area contributed by atoms with Gasteiger partial charge < -0.3 is 14.3 Å². The van der Waals surface area contributed by atoms with Gasteiger partial charge >= 0.3 is 0 Å². The third-order valence-corrected chi connectivity index (χ3v) is 4.01. The van der Waals surface area contributed by atoms with Crippen LogP contribution in [0.15, 0.2) is 35.2 Å². The second-order valence-electron chi connectivity index (χ2n) is 4.78. The minimum absolute atomic E-state index is 0.172. The minimum atomic E-state index is -2.92. The van der Waals surface area contributed by atoms with Crippen LogP contribution >= 0.6 is 0 Å². The summed E-state index contributed by atoms with van der Waals surface area (Å²) in [7, 11) is -1.01. The van der Waals surface area contributed by atoms with Crippen molar-refractivity contribution in [3.63, 3.8) is 0 Å². The number of sulfone groups is 1. The van der Waals surface area contributed by atoms with Crippen LogP contribution in [0.3, 0.4) is 0 Å². The number of imidazole rings is 1. The molecular formula is C13H19N3O3S. The van der Waals surface area contributed by atoms with E-state index in [1.807, 2.05) is 29.9 Å². The van der Waals surface area contributed by atoms with E-state index in [-0.39, 0.29) is 11.8 Å². The lowest BCUT2D eigenvalue weighted by Gasteiger charge is -2.16. The maximum Gasteiger partial charge on any atom is 0.147 e. The molecule has 2 aromatic rings. The lowest BCUT2D eigenvalue weighted by molar-refractivity contribution is 0.430. The summed E-state index contributed by atoms with van der Waals surface area (Å²) in [5.41, 5.74) is 0. The number of aryl methyl sites for hydroxylation is 1. The molecule has 0 saturated carbocycles. The number of nitrogens with zero attached hydrogens (tertiary/aromatic N) is 2. The average Bonchev–Trinajstić information content (AvgIpc) is 3.00. The van der Waals surface area contributed by atoms with Gasteiger partial charge in [0.25, 0.3) is 0 Å².